The fourth-order valence-corrected chi connectivity index (χ4v) is 7.14. The third-order valence-corrected chi connectivity index (χ3v) is 8.75. The highest BCUT2D eigenvalue weighted by molar-refractivity contribution is 7.99. The second kappa shape index (κ2) is 8.16. The minimum atomic E-state index is -0.295. The molecule has 3 aromatic heterocycles. The Balaban J connectivity index is 1.12. The minimum absolute atomic E-state index is 0.0884. The van der Waals surface area contributed by atoms with Crippen molar-refractivity contribution in [3.8, 4) is 0 Å². The molecule has 3 heterocycles. The van der Waals surface area contributed by atoms with E-state index >= 15 is 0 Å². The van der Waals surface area contributed by atoms with Crippen LogP contribution in [0, 0.1) is 0 Å². The van der Waals surface area contributed by atoms with Gasteiger partial charge in [0.1, 0.15) is 10.7 Å². The summed E-state index contributed by atoms with van der Waals surface area (Å²) in [4.78, 5) is 48.1. The highest BCUT2D eigenvalue weighted by Gasteiger charge is 2.21. The summed E-state index contributed by atoms with van der Waals surface area (Å²) in [6.45, 7) is 0. The Labute approximate surface area is 184 Å². The van der Waals surface area contributed by atoms with E-state index in [0.29, 0.717) is 16.5 Å². The van der Waals surface area contributed by atoms with Gasteiger partial charge in [0.05, 0.1) is 21.8 Å². The highest BCUT2D eigenvalue weighted by atomic mass is 32.2. The van der Waals surface area contributed by atoms with Crippen LogP contribution >= 0.6 is 34.4 Å². The normalized spacial score (nSPS) is 14.7. The number of amides is 2. The van der Waals surface area contributed by atoms with Crippen molar-refractivity contribution in [1.29, 1.82) is 0 Å². The molecule has 10 heteroatoms. The lowest BCUT2D eigenvalue weighted by atomic mass is 10.2. The molecular weight excluding hydrogens is 440 g/mol. The number of fused-ring (bicyclic) bond motifs is 4. The van der Waals surface area contributed by atoms with Gasteiger partial charge in [-0.1, -0.05) is 0 Å². The zero-order valence-electron chi connectivity index (χ0n) is 16.1. The predicted molar refractivity (Wildman–Crippen MR) is 120 cm³/mol. The SMILES string of the molecule is O=C(CSCc1nc2sc3c(c2c(=O)[nH]1)CCC3)NNC(=O)c1cc2c(s1)CCC2. The second-order valence-corrected chi connectivity index (χ2v) is 10.7. The number of hydrazine groups is 1. The number of carbonyl (C=O) groups is 2. The summed E-state index contributed by atoms with van der Waals surface area (Å²) in [6, 6.07) is 1.92. The number of carbonyl (C=O) groups excluding carboxylic acids is 2. The van der Waals surface area contributed by atoms with E-state index in [9.17, 15) is 14.4 Å². The molecule has 0 fully saturated rings. The summed E-state index contributed by atoms with van der Waals surface area (Å²) in [6.07, 6.45) is 6.30. The molecule has 0 bridgehead atoms. The van der Waals surface area contributed by atoms with Crippen LogP contribution in [0.25, 0.3) is 10.2 Å². The van der Waals surface area contributed by atoms with Crippen LogP contribution in [-0.4, -0.2) is 27.5 Å². The quantitative estimate of drug-likeness (QED) is 0.508. The molecule has 0 saturated carbocycles. The lowest BCUT2D eigenvalue weighted by molar-refractivity contribution is -0.119. The standard InChI is InChI=1S/C20H20N4O3S3/c25-16(23-24-18(26)14-7-10-3-1-5-12(10)29-14)9-28-8-15-21-19(27)17-11-4-2-6-13(11)30-20(17)22-15/h7H,1-6,8-9H2,(H,23,25)(H,24,26)(H,21,22,27). The third kappa shape index (κ3) is 3.79. The number of rotatable bonds is 5. The number of thiophene rings is 2. The molecule has 0 atom stereocenters. The van der Waals surface area contributed by atoms with Crippen molar-refractivity contribution in [2.45, 2.75) is 44.3 Å². The van der Waals surface area contributed by atoms with E-state index in [1.807, 2.05) is 6.07 Å². The highest BCUT2D eigenvalue weighted by Crippen LogP contribution is 2.34. The number of nitrogens with zero attached hydrogens (tertiary/aromatic N) is 1. The van der Waals surface area contributed by atoms with E-state index in [4.69, 9.17) is 0 Å². The molecule has 2 amide bonds. The first-order valence-electron chi connectivity index (χ1n) is 9.90. The van der Waals surface area contributed by atoms with Crippen molar-refractivity contribution in [3.05, 3.63) is 48.0 Å². The molecule has 0 aromatic carbocycles. The molecule has 30 heavy (non-hydrogen) atoms. The minimum Gasteiger partial charge on any atom is -0.309 e. The summed E-state index contributed by atoms with van der Waals surface area (Å²) in [5, 5.41) is 0.737. The van der Waals surface area contributed by atoms with Crippen molar-refractivity contribution in [3.63, 3.8) is 0 Å². The van der Waals surface area contributed by atoms with E-state index in [1.54, 1.807) is 11.3 Å². The molecule has 0 radical (unpaired) electrons. The summed E-state index contributed by atoms with van der Waals surface area (Å²) in [5.41, 5.74) is 7.26. The topological polar surface area (TPSA) is 104 Å². The number of hydrogen-bond donors (Lipinski definition) is 3. The van der Waals surface area contributed by atoms with E-state index in [-0.39, 0.29) is 23.1 Å². The monoisotopic (exact) mass is 460 g/mol. The Morgan fingerprint density at radius 1 is 1.10 bits per heavy atom. The molecule has 2 aliphatic carbocycles. The fourth-order valence-electron chi connectivity index (χ4n) is 4.02. The van der Waals surface area contributed by atoms with Crippen LogP contribution in [0.5, 0.6) is 0 Å². The molecule has 0 saturated heterocycles. The van der Waals surface area contributed by atoms with Crippen LogP contribution in [0.15, 0.2) is 10.9 Å². The Kier molecular flexibility index (Phi) is 5.38. The van der Waals surface area contributed by atoms with E-state index in [0.717, 1.165) is 54.3 Å². The van der Waals surface area contributed by atoms with Crippen LogP contribution < -0.4 is 16.4 Å². The molecule has 3 N–H and O–H groups in total. The first-order valence-corrected chi connectivity index (χ1v) is 12.7. The van der Waals surface area contributed by atoms with Crippen molar-refractivity contribution >= 4 is 56.5 Å². The van der Waals surface area contributed by atoms with Crippen LogP contribution in [-0.2, 0) is 36.2 Å². The maximum atomic E-state index is 12.5. The van der Waals surface area contributed by atoms with Crippen LogP contribution in [0.4, 0.5) is 0 Å². The number of aromatic amines is 1. The molecule has 0 unspecified atom stereocenters. The average molecular weight is 461 g/mol. The Hall–Kier alpha value is -2.17. The van der Waals surface area contributed by atoms with Crippen molar-refractivity contribution in [2.24, 2.45) is 0 Å². The summed E-state index contributed by atoms with van der Waals surface area (Å²) in [7, 11) is 0. The molecule has 156 valence electrons. The first kappa shape index (κ1) is 19.8. The van der Waals surface area contributed by atoms with Gasteiger partial charge < -0.3 is 4.98 Å². The average Bonchev–Trinajstić information content (AvgIpc) is 3.45. The number of aromatic nitrogens is 2. The number of nitrogens with one attached hydrogen (secondary N) is 3. The lowest BCUT2D eigenvalue weighted by Gasteiger charge is -2.06. The third-order valence-electron chi connectivity index (χ3n) is 5.38. The smallest absolute Gasteiger partial charge is 0.279 e. The molecule has 5 rings (SSSR count). The number of H-pyrrole nitrogens is 1. The van der Waals surface area contributed by atoms with Crippen LogP contribution in [0.1, 0.15) is 49.2 Å². The Bertz CT molecular complexity index is 1190. The van der Waals surface area contributed by atoms with Gasteiger partial charge in [0.15, 0.2) is 0 Å². The van der Waals surface area contributed by atoms with Gasteiger partial charge in [0.2, 0.25) is 5.91 Å². The zero-order valence-corrected chi connectivity index (χ0v) is 18.6. The van der Waals surface area contributed by atoms with Gasteiger partial charge in [-0.3, -0.25) is 25.2 Å². The van der Waals surface area contributed by atoms with Gasteiger partial charge in [-0.15, -0.1) is 34.4 Å². The second-order valence-electron chi connectivity index (χ2n) is 7.46. The summed E-state index contributed by atoms with van der Waals surface area (Å²) >= 11 is 4.44. The van der Waals surface area contributed by atoms with Gasteiger partial charge in [-0.2, -0.15) is 0 Å². The fraction of sp³-hybridized carbons (Fsp3) is 0.400. The zero-order chi connectivity index (χ0) is 20.7. The number of aryl methyl sites for hydroxylation is 4. The maximum absolute atomic E-state index is 12.5. The van der Waals surface area contributed by atoms with E-state index in [2.05, 4.69) is 20.8 Å². The van der Waals surface area contributed by atoms with Crippen molar-refractivity contribution < 1.29 is 9.59 Å². The summed E-state index contributed by atoms with van der Waals surface area (Å²) in [5.74, 6) is 0.574. The van der Waals surface area contributed by atoms with Gasteiger partial charge in [0.25, 0.3) is 11.5 Å². The largest absolute Gasteiger partial charge is 0.309 e. The van der Waals surface area contributed by atoms with Gasteiger partial charge in [0, 0.05) is 9.75 Å². The van der Waals surface area contributed by atoms with E-state index < -0.39 is 0 Å². The van der Waals surface area contributed by atoms with Crippen LogP contribution in [0.3, 0.4) is 0 Å². The first-order chi connectivity index (χ1) is 14.6. The van der Waals surface area contributed by atoms with Crippen molar-refractivity contribution in [2.75, 3.05) is 5.75 Å². The predicted octanol–water partition coefficient (Wildman–Crippen LogP) is 2.72. The number of thioether (sulfide) groups is 1. The molecule has 0 aliphatic heterocycles. The molecule has 7 nitrogen and oxygen atoms in total. The summed E-state index contributed by atoms with van der Waals surface area (Å²) < 4.78 is 0. The van der Waals surface area contributed by atoms with Crippen LogP contribution in [0.2, 0.25) is 0 Å². The lowest BCUT2D eigenvalue weighted by Crippen LogP contribution is -2.42. The van der Waals surface area contributed by atoms with Crippen molar-refractivity contribution in [1.82, 2.24) is 20.8 Å². The molecule has 2 aliphatic rings. The Morgan fingerprint density at radius 2 is 1.93 bits per heavy atom. The van der Waals surface area contributed by atoms with Gasteiger partial charge in [-0.25, -0.2) is 4.98 Å². The molecule has 3 aromatic rings. The van der Waals surface area contributed by atoms with Gasteiger partial charge in [-0.05, 0) is 55.7 Å². The van der Waals surface area contributed by atoms with Gasteiger partial charge >= 0.3 is 0 Å². The Morgan fingerprint density at radius 3 is 2.80 bits per heavy atom. The maximum Gasteiger partial charge on any atom is 0.279 e. The molecule has 0 spiro atoms. The molecular formula is C20H20N4O3S3. The van der Waals surface area contributed by atoms with E-state index in [1.165, 1.54) is 38.4 Å². The number of hydrogen-bond acceptors (Lipinski definition) is 7.